The Morgan fingerprint density at radius 3 is 2.31 bits per heavy atom. The van der Waals surface area contributed by atoms with Gasteiger partial charge in [0.15, 0.2) is 0 Å². The Bertz CT molecular complexity index is 652. The Balaban J connectivity index is 1.92. The van der Waals surface area contributed by atoms with E-state index in [4.69, 9.17) is 0 Å². The lowest BCUT2D eigenvalue weighted by molar-refractivity contribution is -0.116. The Morgan fingerprint density at radius 1 is 1.00 bits per heavy atom. The average molecular weight is 402 g/mol. The molecule has 1 aromatic carbocycles. The highest BCUT2D eigenvalue weighted by Gasteiger charge is 2.20. The van der Waals surface area contributed by atoms with Crippen LogP contribution in [-0.4, -0.2) is 30.9 Å². The maximum atomic E-state index is 12.7. The van der Waals surface area contributed by atoms with E-state index in [1.54, 1.807) is 0 Å². The number of hydrogen-bond acceptors (Lipinski definition) is 3. The molecule has 0 unspecified atom stereocenters. The van der Waals surface area contributed by atoms with Crippen molar-refractivity contribution in [2.24, 2.45) is 0 Å². The number of unbranched alkanes of at least 4 members (excludes halogenated alkanes) is 6. The molecule has 2 N–H and O–H groups in total. The number of rotatable bonds is 12. The van der Waals surface area contributed by atoms with Crippen LogP contribution in [0, 0.1) is 0 Å². The van der Waals surface area contributed by atoms with E-state index < -0.39 is 0 Å². The summed E-state index contributed by atoms with van der Waals surface area (Å²) < 4.78 is 0. The van der Waals surface area contributed by atoms with E-state index in [2.05, 4.69) is 22.5 Å². The van der Waals surface area contributed by atoms with E-state index >= 15 is 0 Å². The quantitative estimate of drug-likeness (QED) is 0.454. The van der Waals surface area contributed by atoms with E-state index in [0.717, 1.165) is 44.5 Å². The van der Waals surface area contributed by atoms with Gasteiger partial charge in [0.25, 0.3) is 5.91 Å². The van der Waals surface area contributed by atoms with Crippen molar-refractivity contribution in [3.05, 3.63) is 23.8 Å². The smallest absolute Gasteiger partial charge is 0.253 e. The number of amides is 2. The zero-order chi connectivity index (χ0) is 21.1. The van der Waals surface area contributed by atoms with Gasteiger partial charge in [0.05, 0.1) is 5.56 Å². The first-order valence-electron chi connectivity index (χ1n) is 11.5. The summed E-state index contributed by atoms with van der Waals surface area (Å²) in [6.45, 7) is 8.10. The highest BCUT2D eigenvalue weighted by molar-refractivity contribution is 6.02. The fourth-order valence-electron chi connectivity index (χ4n) is 3.84. The number of nitrogens with zero attached hydrogens (tertiary/aromatic N) is 1. The molecule has 0 saturated carbocycles. The predicted molar refractivity (Wildman–Crippen MR) is 122 cm³/mol. The van der Waals surface area contributed by atoms with E-state index in [1.807, 2.05) is 32.0 Å². The van der Waals surface area contributed by atoms with Gasteiger partial charge in [-0.15, -0.1) is 0 Å². The molecule has 1 fully saturated rings. The van der Waals surface area contributed by atoms with Crippen LogP contribution < -0.4 is 15.5 Å². The molecule has 0 radical (unpaired) electrons. The van der Waals surface area contributed by atoms with Crippen LogP contribution in [0.5, 0.6) is 0 Å². The molecule has 0 atom stereocenters. The van der Waals surface area contributed by atoms with Crippen molar-refractivity contribution >= 4 is 23.2 Å². The van der Waals surface area contributed by atoms with Crippen molar-refractivity contribution in [1.82, 2.24) is 5.32 Å². The Labute approximate surface area is 176 Å². The number of carbonyl (C=O) groups excluding carboxylic acids is 2. The van der Waals surface area contributed by atoms with Crippen molar-refractivity contribution in [1.29, 1.82) is 0 Å². The molecule has 2 rings (SSSR count). The van der Waals surface area contributed by atoms with Crippen LogP contribution in [0.4, 0.5) is 11.4 Å². The molecule has 29 heavy (non-hydrogen) atoms. The van der Waals surface area contributed by atoms with Gasteiger partial charge in [-0.25, -0.2) is 0 Å². The molecule has 0 aromatic heterocycles. The molecule has 1 aliphatic rings. The summed E-state index contributed by atoms with van der Waals surface area (Å²) in [4.78, 5) is 27.3. The van der Waals surface area contributed by atoms with E-state index in [9.17, 15) is 9.59 Å². The number of carbonyl (C=O) groups is 2. The van der Waals surface area contributed by atoms with Crippen molar-refractivity contribution in [3.8, 4) is 0 Å². The summed E-state index contributed by atoms with van der Waals surface area (Å²) in [6, 6.07) is 5.80. The van der Waals surface area contributed by atoms with Gasteiger partial charge in [0, 0.05) is 36.9 Å². The highest BCUT2D eigenvalue weighted by Crippen LogP contribution is 2.28. The Hall–Kier alpha value is -2.04. The lowest BCUT2D eigenvalue weighted by Gasteiger charge is -2.22. The van der Waals surface area contributed by atoms with Gasteiger partial charge in [-0.3, -0.25) is 9.59 Å². The van der Waals surface area contributed by atoms with E-state index in [-0.39, 0.29) is 17.9 Å². The second kappa shape index (κ2) is 12.5. The molecule has 0 spiro atoms. The number of anilines is 2. The summed E-state index contributed by atoms with van der Waals surface area (Å²) in [6.07, 6.45) is 11.2. The van der Waals surface area contributed by atoms with Crippen LogP contribution in [0.2, 0.25) is 0 Å². The third kappa shape index (κ3) is 8.08. The summed E-state index contributed by atoms with van der Waals surface area (Å²) in [5.41, 5.74) is 2.31. The van der Waals surface area contributed by atoms with Crippen molar-refractivity contribution in [2.75, 3.05) is 23.3 Å². The Kier molecular flexibility index (Phi) is 10.0. The maximum absolute atomic E-state index is 12.7. The topological polar surface area (TPSA) is 61.4 Å². The number of benzene rings is 1. The average Bonchev–Trinajstić information content (AvgIpc) is 3.21. The van der Waals surface area contributed by atoms with Crippen molar-refractivity contribution in [3.63, 3.8) is 0 Å². The molecule has 1 aliphatic heterocycles. The second-order valence-electron chi connectivity index (χ2n) is 8.47. The lowest BCUT2D eigenvalue weighted by atomic mass is 10.1. The van der Waals surface area contributed by atoms with Gasteiger partial charge >= 0.3 is 0 Å². The summed E-state index contributed by atoms with van der Waals surface area (Å²) >= 11 is 0. The molecule has 1 aromatic rings. The zero-order valence-electron chi connectivity index (χ0n) is 18.6. The van der Waals surface area contributed by atoms with Crippen LogP contribution in [0.3, 0.4) is 0 Å². The minimum absolute atomic E-state index is 0.0303. The molecule has 0 bridgehead atoms. The molecular formula is C24H39N3O2. The summed E-state index contributed by atoms with van der Waals surface area (Å²) in [5, 5.41) is 5.97. The molecule has 162 valence electrons. The molecule has 1 saturated heterocycles. The molecule has 5 nitrogen and oxygen atoms in total. The third-order valence-electron chi connectivity index (χ3n) is 5.40. The van der Waals surface area contributed by atoms with Gasteiger partial charge < -0.3 is 15.5 Å². The fraction of sp³-hybridized carbons (Fsp3) is 0.667. The van der Waals surface area contributed by atoms with Gasteiger partial charge in [0.1, 0.15) is 0 Å². The number of nitrogens with one attached hydrogen (secondary N) is 2. The zero-order valence-corrected chi connectivity index (χ0v) is 18.6. The Morgan fingerprint density at radius 2 is 1.66 bits per heavy atom. The second-order valence-corrected chi connectivity index (χ2v) is 8.47. The van der Waals surface area contributed by atoms with Crippen LogP contribution >= 0.6 is 0 Å². The first kappa shape index (κ1) is 23.2. The largest absolute Gasteiger partial charge is 0.371 e. The molecule has 1 heterocycles. The minimum Gasteiger partial charge on any atom is -0.371 e. The van der Waals surface area contributed by atoms with Crippen LogP contribution in [-0.2, 0) is 4.79 Å². The van der Waals surface area contributed by atoms with Crippen molar-refractivity contribution in [2.45, 2.75) is 91.0 Å². The van der Waals surface area contributed by atoms with Crippen molar-refractivity contribution < 1.29 is 9.59 Å². The SMILES string of the molecule is CCCCCCCCCC(=O)Nc1ccc(N2CCCC2)c(C(=O)NC(C)C)c1. The monoisotopic (exact) mass is 401 g/mol. The first-order valence-corrected chi connectivity index (χ1v) is 11.5. The van der Waals surface area contributed by atoms with E-state index in [0.29, 0.717) is 17.7 Å². The highest BCUT2D eigenvalue weighted by atomic mass is 16.2. The van der Waals surface area contributed by atoms with E-state index in [1.165, 1.54) is 32.1 Å². The van der Waals surface area contributed by atoms with Gasteiger partial charge in [0.2, 0.25) is 5.91 Å². The van der Waals surface area contributed by atoms with Crippen LogP contribution in [0.15, 0.2) is 18.2 Å². The predicted octanol–water partition coefficient (Wildman–Crippen LogP) is 5.50. The maximum Gasteiger partial charge on any atom is 0.253 e. The lowest BCUT2D eigenvalue weighted by Crippen LogP contribution is -2.32. The molecule has 0 aliphatic carbocycles. The fourth-order valence-corrected chi connectivity index (χ4v) is 3.84. The molecule has 5 heteroatoms. The summed E-state index contributed by atoms with van der Waals surface area (Å²) in [7, 11) is 0. The standard InChI is InChI=1S/C24H39N3O2/c1-4-5-6-7-8-9-10-13-23(28)26-20-14-15-22(27-16-11-12-17-27)21(18-20)24(29)25-19(2)3/h14-15,18-19H,4-13,16-17H2,1-3H3,(H,25,29)(H,26,28). The van der Waals surface area contributed by atoms with Gasteiger partial charge in [-0.05, 0) is 51.3 Å². The number of hydrogen-bond donors (Lipinski definition) is 2. The molecular weight excluding hydrogens is 362 g/mol. The molecule has 2 amide bonds. The van der Waals surface area contributed by atoms with Gasteiger partial charge in [-0.2, -0.15) is 0 Å². The normalized spacial score (nSPS) is 13.7. The third-order valence-corrected chi connectivity index (χ3v) is 5.40. The minimum atomic E-state index is -0.0786. The summed E-state index contributed by atoms with van der Waals surface area (Å²) in [5.74, 6) is -0.0484. The van der Waals surface area contributed by atoms with Crippen LogP contribution in [0.1, 0.15) is 95.3 Å². The first-order chi connectivity index (χ1) is 14.0. The van der Waals surface area contributed by atoms with Gasteiger partial charge in [-0.1, -0.05) is 45.4 Å². The van der Waals surface area contributed by atoms with Crippen LogP contribution in [0.25, 0.3) is 0 Å².